The Hall–Kier alpha value is -3.13. The molecule has 3 N–H and O–H groups in total. The first-order valence-electron chi connectivity index (χ1n) is 11.6. The first-order valence-corrected chi connectivity index (χ1v) is 11.6. The summed E-state index contributed by atoms with van der Waals surface area (Å²) in [7, 11) is 0. The fraction of sp³-hybridized carbons (Fsp3) is 0.542. The molecule has 4 rings (SSSR count). The van der Waals surface area contributed by atoms with Crippen molar-refractivity contribution in [3.8, 4) is 0 Å². The Morgan fingerprint density at radius 2 is 1.89 bits per heavy atom. The molecular weight excluding hydrogens is 518 g/mol. The predicted molar refractivity (Wildman–Crippen MR) is 128 cm³/mol. The third-order valence-corrected chi connectivity index (χ3v) is 6.52. The van der Waals surface area contributed by atoms with Crippen molar-refractivity contribution in [1.82, 2.24) is 14.9 Å². The van der Waals surface area contributed by atoms with E-state index in [-0.39, 0.29) is 64.9 Å². The number of carbonyl (C=O) groups is 1. The Labute approximate surface area is 216 Å². The number of piperidine rings is 1. The molecule has 1 aromatic heterocycles. The van der Waals surface area contributed by atoms with Crippen LogP contribution in [0.5, 0.6) is 0 Å². The average molecular weight is 549 g/mol. The maximum atomic E-state index is 15.5. The molecule has 2 fully saturated rings. The number of benzene rings is 1. The van der Waals surface area contributed by atoms with E-state index in [0.717, 1.165) is 18.5 Å². The summed E-state index contributed by atoms with van der Waals surface area (Å²) in [6.07, 6.45) is -3.34. The number of nitrogens with two attached hydrogens (primary N) is 1. The minimum atomic E-state index is -4.49. The largest absolute Gasteiger partial charge is 0.416 e. The zero-order chi connectivity index (χ0) is 26.8. The number of hydrogen-bond donors (Lipinski definition) is 2. The van der Waals surface area contributed by atoms with Crippen molar-refractivity contribution in [2.75, 3.05) is 56.2 Å². The van der Waals surface area contributed by atoms with Gasteiger partial charge in [0.25, 0.3) is 5.92 Å². The van der Waals surface area contributed by atoms with Gasteiger partial charge in [-0.15, -0.1) is 0 Å². The van der Waals surface area contributed by atoms with Gasteiger partial charge in [-0.3, -0.25) is 9.69 Å². The molecule has 1 aromatic carbocycles. The molecule has 210 valence electrons. The molecule has 2 saturated heterocycles. The number of amides is 1. The van der Waals surface area contributed by atoms with Gasteiger partial charge in [-0.1, -0.05) is 19.6 Å². The molecule has 0 bridgehead atoms. The second-order valence-electron chi connectivity index (χ2n) is 9.07. The summed E-state index contributed by atoms with van der Waals surface area (Å²) >= 11 is 0. The predicted octanol–water partition coefficient (Wildman–Crippen LogP) is 3.70. The number of halogens is 6. The zero-order valence-electron chi connectivity index (χ0n) is 19.6. The standard InChI is InChI=1S/C23H26F6N6O2.CH4/c24-19-20(31-9-16-5-6-34(10-18(30)36)12-22(16,25)26)32-13-33-21(19)35-7-8-37-11-17(35)14-1-3-15(4-2-14)23(27,28)29;/h1-4,13,16-17H,5-12H2,(H2,30,36)(H,31,32,33);1H4/t16-,17-;/m1./s1. The van der Waals surface area contributed by atoms with Gasteiger partial charge in [0.05, 0.1) is 37.9 Å². The lowest BCUT2D eigenvalue weighted by Crippen LogP contribution is -2.52. The summed E-state index contributed by atoms with van der Waals surface area (Å²) in [5.41, 5.74) is 4.76. The number of aromatic nitrogens is 2. The van der Waals surface area contributed by atoms with Crippen molar-refractivity contribution < 1.29 is 35.9 Å². The van der Waals surface area contributed by atoms with Crippen LogP contribution in [-0.2, 0) is 15.7 Å². The summed E-state index contributed by atoms with van der Waals surface area (Å²) < 4.78 is 89.0. The number of primary amides is 1. The summed E-state index contributed by atoms with van der Waals surface area (Å²) in [6, 6.07) is 3.88. The van der Waals surface area contributed by atoms with Crippen molar-refractivity contribution in [1.29, 1.82) is 0 Å². The van der Waals surface area contributed by atoms with Crippen LogP contribution >= 0.6 is 0 Å². The molecule has 0 unspecified atom stereocenters. The maximum Gasteiger partial charge on any atom is 0.416 e. The van der Waals surface area contributed by atoms with E-state index >= 15 is 4.39 Å². The van der Waals surface area contributed by atoms with Gasteiger partial charge in [0, 0.05) is 19.0 Å². The molecule has 3 heterocycles. The van der Waals surface area contributed by atoms with Crippen LogP contribution in [0.3, 0.4) is 0 Å². The molecule has 2 aliphatic heterocycles. The van der Waals surface area contributed by atoms with Gasteiger partial charge in [0.2, 0.25) is 11.7 Å². The van der Waals surface area contributed by atoms with Crippen LogP contribution in [0.15, 0.2) is 30.6 Å². The number of rotatable bonds is 7. The van der Waals surface area contributed by atoms with Gasteiger partial charge in [-0.05, 0) is 30.7 Å². The maximum absolute atomic E-state index is 15.5. The number of nitrogens with one attached hydrogen (secondary N) is 1. The highest BCUT2D eigenvalue weighted by molar-refractivity contribution is 5.75. The molecule has 0 spiro atoms. The van der Waals surface area contributed by atoms with Gasteiger partial charge in [-0.25, -0.2) is 18.7 Å². The van der Waals surface area contributed by atoms with Crippen molar-refractivity contribution in [3.05, 3.63) is 47.5 Å². The SMILES string of the molecule is C.NC(=O)CN1CC[C@H](CNc2ncnc(N3CCOC[C@@H]3c3ccc(C(F)(F)F)cc3)c2F)C(F)(F)C1. The van der Waals surface area contributed by atoms with E-state index in [1.54, 1.807) is 4.90 Å². The van der Waals surface area contributed by atoms with E-state index in [4.69, 9.17) is 10.5 Å². The highest BCUT2D eigenvalue weighted by Gasteiger charge is 2.44. The number of ether oxygens (including phenoxy) is 1. The fourth-order valence-electron chi connectivity index (χ4n) is 4.59. The summed E-state index contributed by atoms with van der Waals surface area (Å²) in [5.74, 6) is -6.20. The monoisotopic (exact) mass is 548 g/mol. The van der Waals surface area contributed by atoms with Crippen molar-refractivity contribution in [2.45, 2.75) is 32.0 Å². The van der Waals surface area contributed by atoms with Gasteiger partial charge in [-0.2, -0.15) is 17.6 Å². The third kappa shape index (κ3) is 6.65. The van der Waals surface area contributed by atoms with Crippen LogP contribution in [0.2, 0.25) is 0 Å². The molecule has 0 saturated carbocycles. The van der Waals surface area contributed by atoms with Gasteiger partial charge >= 0.3 is 6.18 Å². The van der Waals surface area contributed by atoms with E-state index in [2.05, 4.69) is 15.3 Å². The number of morpholine rings is 1. The molecule has 2 aliphatic rings. The number of likely N-dealkylation sites (tertiary alicyclic amines) is 1. The molecule has 2 atom stereocenters. The molecule has 1 amide bonds. The lowest BCUT2D eigenvalue weighted by Gasteiger charge is -2.38. The van der Waals surface area contributed by atoms with Crippen LogP contribution in [0, 0.1) is 11.7 Å². The Morgan fingerprint density at radius 1 is 1.18 bits per heavy atom. The van der Waals surface area contributed by atoms with E-state index in [1.165, 1.54) is 17.0 Å². The van der Waals surface area contributed by atoms with Crippen LogP contribution in [0.4, 0.5) is 38.0 Å². The van der Waals surface area contributed by atoms with Gasteiger partial charge in [0.1, 0.15) is 6.33 Å². The minimum absolute atomic E-state index is 0. The number of hydrogen-bond acceptors (Lipinski definition) is 7. The number of anilines is 2. The lowest BCUT2D eigenvalue weighted by molar-refractivity contribution is -0.137. The fourth-order valence-corrected chi connectivity index (χ4v) is 4.59. The minimum Gasteiger partial charge on any atom is -0.377 e. The quantitative estimate of drug-likeness (QED) is 0.510. The second kappa shape index (κ2) is 11.7. The molecule has 14 heteroatoms. The molecular formula is C24H30F6N6O2. The second-order valence-corrected chi connectivity index (χ2v) is 9.07. The highest BCUT2D eigenvalue weighted by Crippen LogP contribution is 2.36. The first-order chi connectivity index (χ1) is 17.5. The van der Waals surface area contributed by atoms with Crippen molar-refractivity contribution in [3.63, 3.8) is 0 Å². The first kappa shape index (κ1) is 29.4. The molecule has 8 nitrogen and oxygen atoms in total. The van der Waals surface area contributed by atoms with Gasteiger partial charge in [0.15, 0.2) is 11.6 Å². The van der Waals surface area contributed by atoms with Crippen LogP contribution in [-0.4, -0.2) is 72.6 Å². The Morgan fingerprint density at radius 3 is 2.53 bits per heavy atom. The molecule has 0 radical (unpaired) electrons. The summed E-state index contributed by atoms with van der Waals surface area (Å²) in [5, 5.41) is 2.65. The molecule has 38 heavy (non-hydrogen) atoms. The molecule has 0 aliphatic carbocycles. The van der Waals surface area contributed by atoms with E-state index < -0.39 is 47.9 Å². The normalized spacial score (nSPS) is 22.0. The number of alkyl halides is 5. The van der Waals surface area contributed by atoms with Crippen LogP contribution in [0.25, 0.3) is 0 Å². The van der Waals surface area contributed by atoms with Crippen molar-refractivity contribution >= 4 is 17.5 Å². The average Bonchev–Trinajstić information content (AvgIpc) is 2.83. The third-order valence-electron chi connectivity index (χ3n) is 6.52. The number of nitrogens with zero attached hydrogens (tertiary/aromatic N) is 4. The smallest absolute Gasteiger partial charge is 0.377 e. The molecule has 2 aromatic rings. The van der Waals surface area contributed by atoms with E-state index in [0.29, 0.717) is 5.56 Å². The zero-order valence-corrected chi connectivity index (χ0v) is 19.6. The van der Waals surface area contributed by atoms with Crippen LogP contribution in [0.1, 0.15) is 31.0 Å². The number of carbonyl (C=O) groups excluding carboxylic acids is 1. The Kier molecular flexibility index (Phi) is 9.08. The summed E-state index contributed by atoms with van der Waals surface area (Å²) in [6.45, 7) is -0.397. The van der Waals surface area contributed by atoms with Crippen molar-refractivity contribution in [2.24, 2.45) is 11.7 Å². The summed E-state index contributed by atoms with van der Waals surface area (Å²) in [4.78, 5) is 21.8. The lowest BCUT2D eigenvalue weighted by atomic mass is 9.92. The van der Waals surface area contributed by atoms with Gasteiger partial charge < -0.3 is 20.7 Å². The Balaban J connectivity index is 0.00000400. The highest BCUT2D eigenvalue weighted by atomic mass is 19.4. The van der Waals surface area contributed by atoms with E-state index in [1.807, 2.05) is 0 Å². The van der Waals surface area contributed by atoms with E-state index in [9.17, 15) is 26.7 Å². The Bertz CT molecular complexity index is 1100. The topological polar surface area (TPSA) is 96.6 Å². The van der Waals surface area contributed by atoms with Crippen LogP contribution < -0.4 is 16.0 Å².